The first kappa shape index (κ1) is 19.7. The van der Waals surface area contributed by atoms with Gasteiger partial charge in [-0.25, -0.2) is 4.39 Å². The average Bonchev–Trinajstić information content (AvgIpc) is 2.57. The Labute approximate surface area is 141 Å². The molecule has 0 saturated heterocycles. The number of guanidine groups is 1. The zero-order valence-electron chi connectivity index (χ0n) is 14.3. The van der Waals surface area contributed by atoms with E-state index >= 15 is 0 Å². The molecule has 0 bridgehead atoms. The molecule has 7 nitrogen and oxygen atoms in total. The predicted molar refractivity (Wildman–Crippen MR) is 90.8 cm³/mol. The number of carbonyl (C=O) groups excluding carboxylic acids is 1. The number of benzene rings is 1. The second kappa shape index (κ2) is 11.2. The van der Waals surface area contributed by atoms with E-state index in [0.29, 0.717) is 38.0 Å². The Bertz CT molecular complexity index is 523. The Balaban J connectivity index is 2.29. The van der Waals surface area contributed by atoms with Gasteiger partial charge in [0.05, 0.1) is 19.7 Å². The summed E-state index contributed by atoms with van der Waals surface area (Å²) in [5.74, 6) is 0.752. The average molecular weight is 340 g/mol. The molecular weight excluding hydrogens is 315 g/mol. The summed E-state index contributed by atoms with van der Waals surface area (Å²) in [5, 5.41) is 5.69. The van der Waals surface area contributed by atoms with Gasteiger partial charge in [-0.3, -0.25) is 9.79 Å². The lowest BCUT2D eigenvalue weighted by atomic mass is 10.3. The number of ether oxygens (including phenoxy) is 2. The summed E-state index contributed by atoms with van der Waals surface area (Å²) in [6.07, 6.45) is 0. The smallest absolute Gasteiger partial charge is 0.239 e. The molecule has 1 rings (SSSR count). The minimum Gasteiger partial charge on any atom is -0.492 e. The Morgan fingerprint density at radius 3 is 2.58 bits per heavy atom. The molecule has 1 aromatic rings. The number of amides is 1. The van der Waals surface area contributed by atoms with Crippen molar-refractivity contribution in [1.82, 2.24) is 15.5 Å². The molecule has 0 saturated carbocycles. The summed E-state index contributed by atoms with van der Waals surface area (Å²) < 4.78 is 23.2. The Morgan fingerprint density at radius 2 is 1.96 bits per heavy atom. The van der Waals surface area contributed by atoms with Crippen molar-refractivity contribution in [3.63, 3.8) is 0 Å². The van der Waals surface area contributed by atoms with E-state index in [1.54, 1.807) is 26.3 Å². The summed E-state index contributed by atoms with van der Waals surface area (Å²) in [4.78, 5) is 17.6. The summed E-state index contributed by atoms with van der Waals surface area (Å²) in [7, 11) is 5.06. The van der Waals surface area contributed by atoms with Crippen molar-refractivity contribution in [2.24, 2.45) is 4.99 Å². The van der Waals surface area contributed by atoms with E-state index in [1.165, 1.54) is 12.1 Å². The van der Waals surface area contributed by atoms with Gasteiger partial charge in [-0.2, -0.15) is 0 Å². The molecule has 134 valence electrons. The lowest BCUT2D eigenvalue weighted by Crippen LogP contribution is -2.45. The van der Waals surface area contributed by atoms with E-state index in [4.69, 9.17) is 9.47 Å². The SMILES string of the molecule is CN=C(NCC(=O)NCCOC)N(C)CCOc1ccc(F)cc1. The number of carbonyl (C=O) groups is 1. The van der Waals surface area contributed by atoms with Gasteiger partial charge < -0.3 is 25.0 Å². The monoisotopic (exact) mass is 340 g/mol. The fourth-order valence-corrected chi connectivity index (χ4v) is 1.84. The molecule has 0 aliphatic carbocycles. The highest BCUT2D eigenvalue weighted by Gasteiger charge is 2.08. The van der Waals surface area contributed by atoms with Crippen LogP contribution in [0, 0.1) is 5.82 Å². The zero-order chi connectivity index (χ0) is 17.8. The number of aliphatic imine (C=N–C) groups is 1. The molecule has 0 atom stereocenters. The lowest BCUT2D eigenvalue weighted by molar-refractivity contribution is -0.120. The normalized spacial score (nSPS) is 11.1. The van der Waals surface area contributed by atoms with E-state index < -0.39 is 0 Å². The third-order valence-electron chi connectivity index (χ3n) is 3.12. The second-order valence-corrected chi connectivity index (χ2v) is 4.97. The predicted octanol–water partition coefficient (Wildman–Crippen LogP) is 0.474. The molecule has 0 heterocycles. The summed E-state index contributed by atoms with van der Waals surface area (Å²) in [6, 6.07) is 5.85. The standard InChI is InChI=1S/C16H25FN4O3/c1-18-16(20-12-15(22)19-8-10-23-3)21(2)9-11-24-14-6-4-13(17)5-7-14/h4-7H,8-12H2,1-3H3,(H,18,20)(H,19,22). The van der Waals surface area contributed by atoms with Crippen molar-refractivity contribution in [3.8, 4) is 5.75 Å². The number of rotatable bonds is 9. The topological polar surface area (TPSA) is 75.2 Å². The summed E-state index contributed by atoms with van der Waals surface area (Å²) in [5.41, 5.74) is 0. The van der Waals surface area contributed by atoms with E-state index in [9.17, 15) is 9.18 Å². The third kappa shape index (κ3) is 7.77. The van der Waals surface area contributed by atoms with Crippen LogP contribution >= 0.6 is 0 Å². The van der Waals surface area contributed by atoms with Crippen LogP contribution in [0.3, 0.4) is 0 Å². The molecule has 1 amide bonds. The molecule has 0 spiro atoms. The van der Waals surface area contributed by atoms with Crippen molar-refractivity contribution >= 4 is 11.9 Å². The molecule has 0 fully saturated rings. The van der Waals surface area contributed by atoms with Gasteiger partial charge in [0.25, 0.3) is 0 Å². The summed E-state index contributed by atoms with van der Waals surface area (Å²) >= 11 is 0. The van der Waals surface area contributed by atoms with E-state index in [2.05, 4.69) is 15.6 Å². The third-order valence-corrected chi connectivity index (χ3v) is 3.12. The van der Waals surface area contributed by atoms with Crippen molar-refractivity contribution in [3.05, 3.63) is 30.1 Å². The zero-order valence-corrected chi connectivity index (χ0v) is 14.3. The van der Waals surface area contributed by atoms with Crippen LogP contribution in [0.4, 0.5) is 4.39 Å². The highest BCUT2D eigenvalue weighted by Crippen LogP contribution is 2.10. The van der Waals surface area contributed by atoms with E-state index in [-0.39, 0.29) is 18.3 Å². The second-order valence-electron chi connectivity index (χ2n) is 4.97. The van der Waals surface area contributed by atoms with Crippen molar-refractivity contribution in [2.75, 3.05) is 54.1 Å². The Kier molecular flexibility index (Phi) is 9.21. The van der Waals surface area contributed by atoms with Crippen molar-refractivity contribution in [2.45, 2.75) is 0 Å². The molecular formula is C16H25FN4O3. The quantitative estimate of drug-likeness (QED) is 0.388. The van der Waals surface area contributed by atoms with Crippen LogP contribution in [0.15, 0.2) is 29.3 Å². The van der Waals surface area contributed by atoms with Gasteiger partial charge in [0.1, 0.15) is 18.2 Å². The van der Waals surface area contributed by atoms with Crippen molar-refractivity contribution in [1.29, 1.82) is 0 Å². The fraction of sp³-hybridized carbons (Fsp3) is 0.500. The maximum absolute atomic E-state index is 12.8. The van der Waals surface area contributed by atoms with Gasteiger partial charge in [-0.1, -0.05) is 0 Å². The van der Waals surface area contributed by atoms with E-state index in [0.717, 1.165) is 0 Å². The number of nitrogens with one attached hydrogen (secondary N) is 2. The van der Waals surface area contributed by atoms with Gasteiger partial charge in [-0.05, 0) is 24.3 Å². The number of halogens is 1. The summed E-state index contributed by atoms with van der Waals surface area (Å²) in [6.45, 7) is 2.03. The number of hydrogen-bond acceptors (Lipinski definition) is 4. The molecule has 0 radical (unpaired) electrons. The van der Waals surface area contributed by atoms with Crippen LogP contribution in [0.1, 0.15) is 0 Å². The fourth-order valence-electron chi connectivity index (χ4n) is 1.84. The van der Waals surface area contributed by atoms with Crippen LogP contribution in [-0.4, -0.2) is 70.8 Å². The van der Waals surface area contributed by atoms with Crippen LogP contribution in [0.2, 0.25) is 0 Å². The van der Waals surface area contributed by atoms with Gasteiger partial charge in [0.2, 0.25) is 5.91 Å². The lowest BCUT2D eigenvalue weighted by Gasteiger charge is -2.22. The first-order chi connectivity index (χ1) is 11.6. The van der Waals surface area contributed by atoms with Crippen molar-refractivity contribution < 1.29 is 18.7 Å². The molecule has 0 aliphatic rings. The molecule has 2 N–H and O–H groups in total. The van der Waals surface area contributed by atoms with Gasteiger partial charge in [-0.15, -0.1) is 0 Å². The minimum absolute atomic E-state index is 0.125. The van der Waals surface area contributed by atoms with Gasteiger partial charge >= 0.3 is 0 Å². The number of likely N-dealkylation sites (N-methyl/N-ethyl adjacent to an activating group) is 1. The van der Waals surface area contributed by atoms with Crippen LogP contribution < -0.4 is 15.4 Å². The van der Waals surface area contributed by atoms with Crippen LogP contribution in [0.25, 0.3) is 0 Å². The molecule has 8 heteroatoms. The van der Waals surface area contributed by atoms with E-state index in [1.807, 2.05) is 11.9 Å². The first-order valence-electron chi connectivity index (χ1n) is 7.62. The molecule has 0 aliphatic heterocycles. The van der Waals surface area contributed by atoms with Crippen LogP contribution in [0.5, 0.6) is 5.75 Å². The highest BCUT2D eigenvalue weighted by molar-refractivity contribution is 5.86. The molecule has 24 heavy (non-hydrogen) atoms. The number of hydrogen-bond donors (Lipinski definition) is 2. The largest absolute Gasteiger partial charge is 0.492 e. The molecule has 0 unspecified atom stereocenters. The Morgan fingerprint density at radius 1 is 1.25 bits per heavy atom. The highest BCUT2D eigenvalue weighted by atomic mass is 19.1. The number of nitrogens with zero attached hydrogens (tertiary/aromatic N) is 2. The molecule has 1 aromatic carbocycles. The Hall–Kier alpha value is -2.35. The maximum Gasteiger partial charge on any atom is 0.239 e. The molecule has 0 aromatic heterocycles. The van der Waals surface area contributed by atoms with Crippen LogP contribution in [-0.2, 0) is 9.53 Å². The van der Waals surface area contributed by atoms with Gasteiger partial charge in [0.15, 0.2) is 5.96 Å². The first-order valence-corrected chi connectivity index (χ1v) is 7.62. The van der Waals surface area contributed by atoms with Gasteiger partial charge in [0, 0.05) is 27.7 Å². The maximum atomic E-state index is 12.8. The number of methoxy groups -OCH3 is 1. The minimum atomic E-state index is -0.298.